The van der Waals surface area contributed by atoms with Gasteiger partial charge in [0.1, 0.15) is 10.8 Å². The summed E-state index contributed by atoms with van der Waals surface area (Å²) in [5.74, 6) is 0.591. The highest BCUT2D eigenvalue weighted by Crippen LogP contribution is 2.23. The van der Waals surface area contributed by atoms with E-state index in [0.29, 0.717) is 12.2 Å². The first-order valence-corrected chi connectivity index (χ1v) is 7.22. The molecular weight excluding hydrogens is 244 g/mol. The molecule has 0 spiro atoms. The van der Waals surface area contributed by atoms with Gasteiger partial charge in [0, 0.05) is 5.92 Å². The van der Waals surface area contributed by atoms with E-state index in [1.54, 1.807) is 11.3 Å². The predicted molar refractivity (Wildman–Crippen MR) is 73.9 cm³/mol. The topological polar surface area (TPSA) is 42.0 Å². The Morgan fingerprint density at radius 1 is 1.33 bits per heavy atom. The number of nitrogens with one attached hydrogen (secondary N) is 1. The lowest BCUT2D eigenvalue weighted by atomic mass is 9.92. The third kappa shape index (κ3) is 2.44. The van der Waals surface area contributed by atoms with E-state index in [1.165, 1.54) is 4.70 Å². The van der Waals surface area contributed by atoms with Gasteiger partial charge in [-0.3, -0.25) is 4.79 Å². The molecule has 4 heteroatoms. The van der Waals surface area contributed by atoms with Gasteiger partial charge in [0.05, 0.1) is 16.6 Å². The first-order valence-electron chi connectivity index (χ1n) is 6.41. The lowest BCUT2D eigenvalue weighted by Crippen LogP contribution is -2.32. The van der Waals surface area contributed by atoms with Crippen molar-refractivity contribution in [3.8, 4) is 0 Å². The van der Waals surface area contributed by atoms with Gasteiger partial charge < -0.3 is 5.32 Å². The molecule has 18 heavy (non-hydrogen) atoms. The second-order valence-corrected chi connectivity index (χ2v) is 5.86. The number of hydrogen-bond acceptors (Lipinski definition) is 4. The number of carbonyl (C=O) groups is 1. The number of benzene rings is 1. The Labute approximate surface area is 110 Å². The van der Waals surface area contributed by atoms with Crippen LogP contribution in [0.25, 0.3) is 10.2 Å². The van der Waals surface area contributed by atoms with E-state index in [2.05, 4.69) is 16.4 Å². The minimum absolute atomic E-state index is 0.235. The van der Waals surface area contributed by atoms with Gasteiger partial charge in [0.25, 0.3) is 0 Å². The summed E-state index contributed by atoms with van der Waals surface area (Å²) in [5, 5.41) is 4.25. The van der Waals surface area contributed by atoms with E-state index in [0.717, 1.165) is 36.5 Å². The van der Waals surface area contributed by atoms with Crippen molar-refractivity contribution in [2.75, 3.05) is 13.1 Å². The zero-order chi connectivity index (χ0) is 12.4. The minimum Gasteiger partial charge on any atom is -0.317 e. The lowest BCUT2D eigenvalue weighted by Gasteiger charge is -2.20. The van der Waals surface area contributed by atoms with Crippen LogP contribution in [0, 0.1) is 5.92 Å². The second kappa shape index (κ2) is 5.16. The molecule has 1 N–H and O–H groups in total. The number of Topliss-reactive ketones (excluding diaryl/α,β-unsaturated/α-hetero) is 1. The fraction of sp³-hybridized carbons (Fsp3) is 0.429. The summed E-state index contributed by atoms with van der Waals surface area (Å²) in [4.78, 5) is 16.7. The molecule has 94 valence electrons. The first-order chi connectivity index (χ1) is 8.83. The van der Waals surface area contributed by atoms with Crippen LogP contribution in [0.3, 0.4) is 0 Å². The van der Waals surface area contributed by atoms with Crippen LogP contribution in [-0.2, 0) is 11.2 Å². The van der Waals surface area contributed by atoms with Crippen molar-refractivity contribution in [1.29, 1.82) is 0 Å². The molecule has 0 unspecified atom stereocenters. The van der Waals surface area contributed by atoms with E-state index in [9.17, 15) is 4.79 Å². The molecule has 1 aliphatic heterocycles. The highest BCUT2D eigenvalue weighted by Gasteiger charge is 2.21. The van der Waals surface area contributed by atoms with Gasteiger partial charge in [0.15, 0.2) is 0 Å². The van der Waals surface area contributed by atoms with E-state index < -0.39 is 0 Å². The lowest BCUT2D eigenvalue weighted by molar-refractivity contribution is -0.122. The smallest absolute Gasteiger partial charge is 0.142 e. The Hall–Kier alpha value is -1.26. The number of ketones is 1. The summed E-state index contributed by atoms with van der Waals surface area (Å²) < 4.78 is 1.17. The predicted octanol–water partition coefficient (Wildman–Crippen LogP) is 2.41. The molecule has 1 aromatic heterocycles. The molecule has 1 saturated heterocycles. The Kier molecular flexibility index (Phi) is 3.39. The number of rotatable bonds is 3. The summed E-state index contributed by atoms with van der Waals surface area (Å²) in [5.41, 5.74) is 1.01. The second-order valence-electron chi connectivity index (χ2n) is 4.74. The SMILES string of the molecule is O=C(Cc1nc2ccccc2s1)C1CCNCC1. The Balaban J connectivity index is 1.73. The van der Waals surface area contributed by atoms with Gasteiger partial charge in [-0.25, -0.2) is 4.98 Å². The molecule has 0 amide bonds. The third-order valence-electron chi connectivity index (χ3n) is 3.46. The Morgan fingerprint density at radius 2 is 2.11 bits per heavy atom. The Morgan fingerprint density at radius 3 is 2.89 bits per heavy atom. The molecule has 3 rings (SSSR count). The number of nitrogens with zero attached hydrogens (tertiary/aromatic N) is 1. The maximum atomic E-state index is 12.2. The summed E-state index contributed by atoms with van der Waals surface area (Å²) in [6.07, 6.45) is 2.46. The molecule has 0 bridgehead atoms. The monoisotopic (exact) mass is 260 g/mol. The number of fused-ring (bicyclic) bond motifs is 1. The number of carbonyl (C=O) groups excluding carboxylic acids is 1. The molecule has 0 radical (unpaired) electrons. The van der Waals surface area contributed by atoms with E-state index >= 15 is 0 Å². The van der Waals surface area contributed by atoms with Crippen molar-refractivity contribution < 1.29 is 4.79 Å². The average molecular weight is 260 g/mol. The number of piperidine rings is 1. The summed E-state index contributed by atoms with van der Waals surface area (Å²) in [6, 6.07) is 8.06. The van der Waals surface area contributed by atoms with Gasteiger partial charge in [-0.15, -0.1) is 11.3 Å². The molecule has 1 aliphatic rings. The summed E-state index contributed by atoms with van der Waals surface area (Å²) in [6.45, 7) is 1.94. The van der Waals surface area contributed by atoms with Gasteiger partial charge >= 0.3 is 0 Å². The minimum atomic E-state index is 0.235. The van der Waals surface area contributed by atoms with Crippen LogP contribution >= 0.6 is 11.3 Å². The van der Waals surface area contributed by atoms with E-state index in [4.69, 9.17) is 0 Å². The molecule has 1 fully saturated rings. The zero-order valence-corrected chi connectivity index (χ0v) is 11.0. The molecule has 0 saturated carbocycles. The molecule has 2 heterocycles. The Bertz CT molecular complexity index is 525. The maximum Gasteiger partial charge on any atom is 0.142 e. The molecule has 2 aromatic rings. The van der Waals surface area contributed by atoms with Crippen LogP contribution in [0.4, 0.5) is 0 Å². The highest BCUT2D eigenvalue weighted by molar-refractivity contribution is 7.18. The first kappa shape index (κ1) is 11.8. The van der Waals surface area contributed by atoms with Crippen molar-refractivity contribution in [3.05, 3.63) is 29.3 Å². The molecule has 1 aromatic carbocycles. The summed E-state index contributed by atoms with van der Waals surface area (Å²) >= 11 is 1.64. The average Bonchev–Trinajstić information content (AvgIpc) is 2.82. The molecular formula is C14H16N2OS. The van der Waals surface area contributed by atoms with E-state index in [1.807, 2.05) is 18.2 Å². The normalized spacial score (nSPS) is 17.1. The number of thiazole rings is 1. The summed E-state index contributed by atoms with van der Waals surface area (Å²) in [7, 11) is 0. The number of hydrogen-bond donors (Lipinski definition) is 1. The third-order valence-corrected chi connectivity index (χ3v) is 4.49. The quantitative estimate of drug-likeness (QED) is 0.921. The van der Waals surface area contributed by atoms with Gasteiger partial charge in [-0.1, -0.05) is 12.1 Å². The van der Waals surface area contributed by atoms with Crippen LogP contribution in [0.1, 0.15) is 17.8 Å². The van der Waals surface area contributed by atoms with E-state index in [-0.39, 0.29) is 5.92 Å². The highest BCUT2D eigenvalue weighted by atomic mass is 32.1. The van der Waals surface area contributed by atoms with Crippen LogP contribution in [0.15, 0.2) is 24.3 Å². The van der Waals surface area contributed by atoms with Gasteiger partial charge in [0.2, 0.25) is 0 Å². The fourth-order valence-electron chi connectivity index (χ4n) is 2.43. The molecule has 3 nitrogen and oxygen atoms in total. The van der Waals surface area contributed by atoms with Crippen LogP contribution in [-0.4, -0.2) is 23.9 Å². The van der Waals surface area contributed by atoms with Crippen molar-refractivity contribution in [1.82, 2.24) is 10.3 Å². The fourth-order valence-corrected chi connectivity index (χ4v) is 3.41. The van der Waals surface area contributed by atoms with Crippen molar-refractivity contribution in [3.63, 3.8) is 0 Å². The van der Waals surface area contributed by atoms with Crippen LogP contribution in [0.2, 0.25) is 0 Å². The standard InChI is InChI=1S/C14H16N2OS/c17-12(10-5-7-15-8-6-10)9-14-16-11-3-1-2-4-13(11)18-14/h1-4,10,15H,5-9H2. The largest absolute Gasteiger partial charge is 0.317 e. The van der Waals surface area contributed by atoms with Crippen LogP contribution in [0.5, 0.6) is 0 Å². The van der Waals surface area contributed by atoms with Gasteiger partial charge in [-0.05, 0) is 38.1 Å². The number of aromatic nitrogens is 1. The van der Waals surface area contributed by atoms with Gasteiger partial charge in [-0.2, -0.15) is 0 Å². The maximum absolute atomic E-state index is 12.2. The number of para-hydroxylation sites is 1. The zero-order valence-electron chi connectivity index (χ0n) is 10.2. The van der Waals surface area contributed by atoms with Crippen molar-refractivity contribution >= 4 is 27.3 Å². The molecule has 0 atom stereocenters. The molecule has 0 aliphatic carbocycles. The van der Waals surface area contributed by atoms with Crippen molar-refractivity contribution in [2.45, 2.75) is 19.3 Å². The van der Waals surface area contributed by atoms with Crippen LogP contribution < -0.4 is 5.32 Å². The van der Waals surface area contributed by atoms with Crippen molar-refractivity contribution in [2.24, 2.45) is 5.92 Å².